The van der Waals surface area contributed by atoms with Crippen molar-refractivity contribution in [3.8, 4) is 17.3 Å². The molecule has 232 valence electrons. The van der Waals surface area contributed by atoms with Crippen LogP contribution in [-0.2, 0) is 19.1 Å². The maximum atomic E-state index is 14.3. The first-order valence-electron chi connectivity index (χ1n) is 13.3. The third-order valence-corrected chi connectivity index (χ3v) is 7.79. The highest BCUT2D eigenvalue weighted by Crippen LogP contribution is 2.38. The number of nitriles is 1. The van der Waals surface area contributed by atoms with Gasteiger partial charge in [0.05, 0.1) is 36.6 Å². The molecule has 1 saturated heterocycles. The molecule has 1 aromatic heterocycles. The molecule has 5 rings (SSSR count). The fourth-order valence-corrected chi connectivity index (χ4v) is 5.57. The second-order valence-electron chi connectivity index (χ2n) is 10.4. The van der Waals surface area contributed by atoms with E-state index in [1.807, 2.05) is 6.07 Å². The Balaban J connectivity index is 1.58. The minimum Gasteiger partial charge on any atom is -0.457 e. The van der Waals surface area contributed by atoms with Crippen molar-refractivity contribution < 1.29 is 47.6 Å². The lowest BCUT2D eigenvalue weighted by Gasteiger charge is -2.47. The number of hydrogen-bond donors (Lipinski definition) is 3. The third-order valence-electron chi connectivity index (χ3n) is 7.57. The van der Waals surface area contributed by atoms with Gasteiger partial charge in [-0.2, -0.15) is 5.26 Å². The second kappa shape index (κ2) is 12.5. The normalized spacial score (nSPS) is 26.4. The van der Waals surface area contributed by atoms with E-state index >= 15 is 0 Å². The van der Waals surface area contributed by atoms with Crippen molar-refractivity contribution >= 4 is 29.2 Å². The zero-order chi connectivity index (χ0) is 31.9. The first-order chi connectivity index (χ1) is 20.9. The molecule has 7 atom stereocenters. The molecule has 1 amide bonds. The molecular weight excluding hydrogens is 611 g/mol. The van der Waals surface area contributed by atoms with Gasteiger partial charge in [0, 0.05) is 23.2 Å². The number of hydrogen-bond acceptors (Lipinski definition) is 10. The van der Waals surface area contributed by atoms with Gasteiger partial charge < -0.3 is 29.7 Å². The first-order valence-corrected chi connectivity index (χ1v) is 13.7. The summed E-state index contributed by atoms with van der Waals surface area (Å²) in [6.45, 7) is 0.246. The second-order valence-corrected chi connectivity index (χ2v) is 10.8. The molecule has 16 heteroatoms. The Labute approximate surface area is 252 Å². The maximum absolute atomic E-state index is 14.3. The van der Waals surface area contributed by atoms with Crippen molar-refractivity contribution in [2.24, 2.45) is 0 Å². The molecule has 2 aromatic carbocycles. The summed E-state index contributed by atoms with van der Waals surface area (Å²) in [5.74, 6) is -6.40. The predicted molar refractivity (Wildman–Crippen MR) is 144 cm³/mol. The number of esters is 1. The number of rotatable bonds is 7. The first kappa shape index (κ1) is 31.4. The Morgan fingerprint density at radius 1 is 1.18 bits per heavy atom. The molecule has 0 bridgehead atoms. The lowest BCUT2D eigenvalue weighted by molar-refractivity contribution is -0.216. The molecule has 1 saturated carbocycles. The van der Waals surface area contributed by atoms with Crippen molar-refractivity contribution in [2.45, 2.75) is 62.4 Å². The number of carbonyl (C=O) groups is 2. The molecule has 2 heterocycles. The summed E-state index contributed by atoms with van der Waals surface area (Å²) in [4.78, 5) is 27.8. The van der Waals surface area contributed by atoms with E-state index in [1.165, 1.54) is 23.1 Å². The highest BCUT2D eigenvalue weighted by atomic mass is 35.5. The van der Waals surface area contributed by atoms with Crippen LogP contribution in [0.25, 0.3) is 11.3 Å². The van der Waals surface area contributed by atoms with E-state index in [-0.39, 0.29) is 27.5 Å². The largest absolute Gasteiger partial charge is 0.457 e. The van der Waals surface area contributed by atoms with E-state index in [4.69, 9.17) is 21.1 Å². The number of halogens is 4. The molecule has 0 unspecified atom stereocenters. The molecule has 3 N–H and O–H groups in total. The Morgan fingerprint density at radius 3 is 2.45 bits per heavy atom. The van der Waals surface area contributed by atoms with Gasteiger partial charge in [0.25, 0.3) is 5.91 Å². The summed E-state index contributed by atoms with van der Waals surface area (Å²) in [7, 11) is 0. The zero-order valence-corrected chi connectivity index (χ0v) is 23.6. The average Bonchev–Trinajstić information content (AvgIpc) is 3.46. The number of amides is 1. The Morgan fingerprint density at radius 2 is 1.89 bits per heavy atom. The third kappa shape index (κ3) is 5.86. The summed E-state index contributed by atoms with van der Waals surface area (Å²) in [6, 6.07) is 5.22. The van der Waals surface area contributed by atoms with Crippen molar-refractivity contribution in [3.63, 3.8) is 0 Å². The number of ether oxygens (including phenoxy) is 2. The van der Waals surface area contributed by atoms with Crippen molar-refractivity contribution in [2.75, 3.05) is 11.5 Å². The van der Waals surface area contributed by atoms with Crippen molar-refractivity contribution in [3.05, 3.63) is 64.6 Å². The Bertz CT molecular complexity index is 1610. The van der Waals surface area contributed by atoms with E-state index in [0.29, 0.717) is 25.0 Å². The topological polar surface area (TPSA) is 171 Å². The van der Waals surface area contributed by atoms with Gasteiger partial charge >= 0.3 is 5.97 Å². The number of anilines is 1. The van der Waals surface area contributed by atoms with E-state index in [9.17, 15) is 43.3 Å². The molecular formula is C28H25ClF3N5O7. The lowest BCUT2D eigenvalue weighted by atomic mass is 9.85. The van der Waals surface area contributed by atoms with Gasteiger partial charge in [-0.15, -0.1) is 5.10 Å². The van der Waals surface area contributed by atoms with Crippen LogP contribution in [0.1, 0.15) is 31.4 Å². The average molecular weight is 636 g/mol. The number of aromatic nitrogens is 3. The highest BCUT2D eigenvalue weighted by molar-refractivity contribution is 6.31. The molecule has 2 fully saturated rings. The molecule has 1 aliphatic carbocycles. The standard InChI is InChI=1S/C28H25ClF3N5O7/c1-12(39)43-26-24(36-10-19(34-35-36)14-6-17(30)23(32)18(31)7-14)25(41)22(11-38)44-27(26)28(42)37(20-2-3-21(20)40)16-5-13(9-33)4-15(29)8-16/h4-8,10,20-22,24-27,38,40-41H,2-3,11H2,1H3/t20-,21-,22+,24-,25-,26+,27+/m0/s1. The van der Waals surface area contributed by atoms with Crippen LogP contribution in [0.4, 0.5) is 18.9 Å². The van der Waals surface area contributed by atoms with Crippen LogP contribution in [0.15, 0.2) is 36.5 Å². The van der Waals surface area contributed by atoms with Gasteiger partial charge in [-0.1, -0.05) is 16.8 Å². The van der Waals surface area contributed by atoms with E-state index in [2.05, 4.69) is 10.3 Å². The van der Waals surface area contributed by atoms with Crippen LogP contribution < -0.4 is 4.90 Å². The fourth-order valence-electron chi connectivity index (χ4n) is 5.34. The van der Waals surface area contributed by atoms with Crippen LogP contribution in [0.5, 0.6) is 0 Å². The van der Waals surface area contributed by atoms with Gasteiger partial charge in [0.15, 0.2) is 29.7 Å². The Kier molecular flexibility index (Phi) is 8.91. The fraction of sp³-hybridized carbons (Fsp3) is 0.393. The van der Waals surface area contributed by atoms with Crippen LogP contribution >= 0.6 is 11.6 Å². The number of nitrogens with zero attached hydrogens (tertiary/aromatic N) is 5. The number of carbonyl (C=O) groups excluding carboxylic acids is 2. The molecule has 44 heavy (non-hydrogen) atoms. The maximum Gasteiger partial charge on any atom is 0.303 e. The van der Waals surface area contributed by atoms with Gasteiger partial charge in [0.1, 0.15) is 23.9 Å². The van der Waals surface area contributed by atoms with E-state index in [1.54, 1.807) is 0 Å². The monoisotopic (exact) mass is 635 g/mol. The van der Waals surface area contributed by atoms with Crippen LogP contribution in [0.3, 0.4) is 0 Å². The van der Waals surface area contributed by atoms with Crippen LogP contribution in [0, 0.1) is 28.8 Å². The van der Waals surface area contributed by atoms with Crippen LogP contribution in [-0.4, -0.2) is 85.4 Å². The Hall–Kier alpha value is -4.07. The molecule has 1 aliphatic heterocycles. The highest BCUT2D eigenvalue weighted by Gasteiger charge is 2.54. The van der Waals surface area contributed by atoms with E-state index < -0.39 is 78.5 Å². The lowest BCUT2D eigenvalue weighted by Crippen LogP contribution is -2.64. The van der Waals surface area contributed by atoms with E-state index in [0.717, 1.165) is 17.8 Å². The van der Waals surface area contributed by atoms with Crippen molar-refractivity contribution in [1.29, 1.82) is 5.26 Å². The minimum absolute atomic E-state index is 0.116. The van der Waals surface area contributed by atoms with Crippen molar-refractivity contribution in [1.82, 2.24) is 15.0 Å². The van der Waals surface area contributed by atoms with Gasteiger partial charge in [-0.25, -0.2) is 17.9 Å². The van der Waals surface area contributed by atoms with Crippen LogP contribution in [0.2, 0.25) is 5.02 Å². The molecule has 0 spiro atoms. The summed E-state index contributed by atoms with van der Waals surface area (Å²) in [6.07, 6.45) is -5.53. The summed E-state index contributed by atoms with van der Waals surface area (Å²) < 4.78 is 53.6. The predicted octanol–water partition coefficient (Wildman–Crippen LogP) is 2.04. The summed E-state index contributed by atoms with van der Waals surface area (Å²) in [5.41, 5.74) is -0.109. The number of aliphatic hydroxyl groups excluding tert-OH is 3. The van der Waals surface area contributed by atoms with Gasteiger partial charge in [0.2, 0.25) is 0 Å². The molecule has 2 aliphatic rings. The molecule has 0 radical (unpaired) electrons. The van der Waals surface area contributed by atoms with Gasteiger partial charge in [-0.05, 0) is 43.2 Å². The molecule has 12 nitrogen and oxygen atoms in total. The number of aliphatic hydroxyl groups is 3. The smallest absolute Gasteiger partial charge is 0.303 e. The van der Waals surface area contributed by atoms with Gasteiger partial charge in [-0.3, -0.25) is 9.59 Å². The summed E-state index contributed by atoms with van der Waals surface area (Å²) in [5, 5.41) is 49.1. The quantitative estimate of drug-likeness (QED) is 0.258. The summed E-state index contributed by atoms with van der Waals surface area (Å²) >= 11 is 6.21. The minimum atomic E-state index is -1.71. The number of benzene rings is 2. The zero-order valence-electron chi connectivity index (χ0n) is 22.8. The molecule has 3 aromatic rings. The SMILES string of the molecule is CC(=O)O[C@@H]1[C@@H](n2cc(-c3cc(F)c(F)c(F)c3)nn2)[C@@H](O)[C@@H](CO)O[C@H]1C(=O)N(c1cc(Cl)cc(C#N)c1)[C@H]1CC[C@@H]1O.